The number of aromatic hydroxyl groups is 1. The number of hydrogen-bond acceptors (Lipinski definition) is 5. The number of aromatic amines is 1. The molecular weight excluding hydrogens is 318 g/mol. The average molecular weight is 337 g/mol. The first-order valence-electron chi connectivity index (χ1n) is 7.76. The Morgan fingerprint density at radius 2 is 2.00 bits per heavy atom. The number of carbonyl (C=O) groups excluding carboxylic acids is 1. The Bertz CT molecular complexity index is 887. The summed E-state index contributed by atoms with van der Waals surface area (Å²) >= 11 is 0. The summed E-state index contributed by atoms with van der Waals surface area (Å²) in [5.74, 6) is 0.421. The second-order valence-electron chi connectivity index (χ2n) is 5.70. The fourth-order valence-corrected chi connectivity index (χ4v) is 2.47. The third-order valence-corrected chi connectivity index (χ3v) is 3.70. The van der Waals surface area contributed by atoms with E-state index in [0.29, 0.717) is 18.2 Å². The van der Waals surface area contributed by atoms with E-state index in [9.17, 15) is 9.90 Å². The summed E-state index contributed by atoms with van der Waals surface area (Å²) in [6.45, 7) is 2.42. The third-order valence-electron chi connectivity index (χ3n) is 3.70. The molecule has 128 valence electrons. The molecule has 0 radical (unpaired) electrons. The number of H-pyrrole nitrogens is 1. The van der Waals surface area contributed by atoms with Gasteiger partial charge in [0, 0.05) is 12.2 Å². The van der Waals surface area contributed by atoms with Crippen molar-refractivity contribution in [3.63, 3.8) is 0 Å². The molecule has 0 aliphatic heterocycles. The zero-order valence-corrected chi connectivity index (χ0v) is 13.7. The number of nitrogens with one attached hydrogen (secondary N) is 3. The van der Waals surface area contributed by atoms with Gasteiger partial charge in [0.05, 0.1) is 0 Å². The summed E-state index contributed by atoms with van der Waals surface area (Å²) < 4.78 is 0. The summed E-state index contributed by atoms with van der Waals surface area (Å²) in [6, 6.07) is 14.5. The van der Waals surface area contributed by atoms with E-state index in [1.165, 1.54) is 0 Å². The molecule has 25 heavy (non-hydrogen) atoms. The Morgan fingerprint density at radius 1 is 1.24 bits per heavy atom. The highest BCUT2D eigenvalue weighted by atomic mass is 16.3. The summed E-state index contributed by atoms with van der Waals surface area (Å²) in [7, 11) is 0. The predicted molar refractivity (Wildman–Crippen MR) is 97.0 cm³/mol. The van der Waals surface area contributed by atoms with Gasteiger partial charge in [-0.05, 0) is 42.3 Å². The second-order valence-corrected chi connectivity index (χ2v) is 5.70. The van der Waals surface area contributed by atoms with Gasteiger partial charge in [-0.15, -0.1) is 0 Å². The predicted octanol–water partition coefficient (Wildman–Crippen LogP) is 2.88. The molecule has 0 aliphatic rings. The van der Waals surface area contributed by atoms with Gasteiger partial charge in [-0.1, -0.05) is 24.3 Å². The average Bonchev–Trinajstić information content (AvgIpc) is 2.97. The first kappa shape index (κ1) is 16.4. The molecule has 0 saturated carbocycles. The topological polar surface area (TPSA) is 116 Å². The van der Waals surface area contributed by atoms with E-state index in [4.69, 9.17) is 5.73 Å². The van der Waals surface area contributed by atoms with Gasteiger partial charge in [-0.2, -0.15) is 5.10 Å². The number of nitrogens with two attached hydrogens (primary N) is 1. The lowest BCUT2D eigenvalue weighted by atomic mass is 10.2. The maximum absolute atomic E-state index is 11.9. The van der Waals surface area contributed by atoms with Crippen LogP contribution in [-0.4, -0.2) is 21.2 Å². The second kappa shape index (κ2) is 6.96. The van der Waals surface area contributed by atoms with E-state index in [-0.39, 0.29) is 11.3 Å². The van der Waals surface area contributed by atoms with Crippen LogP contribution in [0.4, 0.5) is 17.3 Å². The number of anilines is 3. The molecule has 2 aromatic carbocycles. The number of benzene rings is 2. The highest BCUT2D eigenvalue weighted by molar-refractivity contribution is 6.03. The summed E-state index contributed by atoms with van der Waals surface area (Å²) in [5, 5.41) is 22.5. The molecule has 3 aromatic rings. The molecule has 0 atom stereocenters. The number of phenols is 1. The van der Waals surface area contributed by atoms with Crippen molar-refractivity contribution in [2.45, 2.75) is 13.5 Å². The van der Waals surface area contributed by atoms with Gasteiger partial charge in [0.1, 0.15) is 17.1 Å². The van der Waals surface area contributed by atoms with Crippen molar-refractivity contribution in [1.29, 1.82) is 0 Å². The highest BCUT2D eigenvalue weighted by Gasteiger charge is 2.18. The Kier molecular flexibility index (Phi) is 4.56. The third kappa shape index (κ3) is 3.89. The quantitative estimate of drug-likeness (QED) is 0.474. The fourth-order valence-electron chi connectivity index (χ4n) is 2.47. The smallest absolute Gasteiger partial charge is 0.256 e. The first-order valence-corrected chi connectivity index (χ1v) is 7.76. The van der Waals surface area contributed by atoms with Gasteiger partial charge in [-0.25, -0.2) is 0 Å². The molecule has 1 aromatic heterocycles. The van der Waals surface area contributed by atoms with Crippen LogP contribution >= 0.6 is 0 Å². The van der Waals surface area contributed by atoms with Gasteiger partial charge >= 0.3 is 0 Å². The van der Waals surface area contributed by atoms with Gasteiger partial charge in [-0.3, -0.25) is 9.89 Å². The normalized spacial score (nSPS) is 10.4. The van der Waals surface area contributed by atoms with E-state index in [1.807, 2.05) is 31.2 Å². The lowest BCUT2D eigenvalue weighted by Gasteiger charge is -2.08. The number of amides is 1. The number of aromatic nitrogens is 2. The Balaban J connectivity index is 1.79. The Hall–Kier alpha value is -3.48. The minimum atomic E-state index is -0.586. The molecule has 0 spiro atoms. The molecular formula is C18H19N5O2. The van der Waals surface area contributed by atoms with Crippen LogP contribution in [-0.2, 0) is 6.54 Å². The highest BCUT2D eigenvalue weighted by Crippen LogP contribution is 2.25. The number of nitrogens with zero attached hydrogens (tertiary/aromatic N) is 1. The Labute approximate surface area is 144 Å². The lowest BCUT2D eigenvalue weighted by Crippen LogP contribution is -2.15. The zero-order valence-electron chi connectivity index (χ0n) is 13.7. The van der Waals surface area contributed by atoms with E-state index in [2.05, 4.69) is 20.8 Å². The molecule has 1 amide bonds. The van der Waals surface area contributed by atoms with Crippen LogP contribution in [0.1, 0.15) is 21.5 Å². The van der Waals surface area contributed by atoms with E-state index >= 15 is 0 Å². The van der Waals surface area contributed by atoms with Gasteiger partial charge < -0.3 is 21.5 Å². The summed E-state index contributed by atoms with van der Waals surface area (Å²) in [6.07, 6.45) is 0. The largest absolute Gasteiger partial charge is 0.508 e. The van der Waals surface area contributed by atoms with Crippen molar-refractivity contribution in [3.05, 3.63) is 65.2 Å². The molecule has 7 heteroatoms. The number of carbonyl (C=O) groups is 1. The van der Waals surface area contributed by atoms with Crippen LogP contribution in [0.2, 0.25) is 0 Å². The molecule has 0 fully saturated rings. The molecule has 0 saturated heterocycles. The van der Waals surface area contributed by atoms with Crippen LogP contribution in [0.15, 0.2) is 48.5 Å². The number of phenolic OH excluding ortho intramolecular Hbond substituents is 1. The fraction of sp³-hybridized carbons (Fsp3) is 0.111. The van der Waals surface area contributed by atoms with Crippen LogP contribution in [0, 0.1) is 6.92 Å². The lowest BCUT2D eigenvalue weighted by molar-refractivity contribution is 0.100. The van der Waals surface area contributed by atoms with Crippen molar-refractivity contribution in [1.82, 2.24) is 10.2 Å². The van der Waals surface area contributed by atoms with E-state index < -0.39 is 5.91 Å². The van der Waals surface area contributed by atoms with Crippen molar-refractivity contribution >= 4 is 23.2 Å². The van der Waals surface area contributed by atoms with Crippen LogP contribution in [0.5, 0.6) is 5.75 Å². The maximum Gasteiger partial charge on any atom is 0.256 e. The van der Waals surface area contributed by atoms with Crippen LogP contribution in [0.3, 0.4) is 0 Å². The molecule has 7 nitrogen and oxygen atoms in total. The number of aryl methyl sites for hydroxylation is 1. The SMILES string of the molecule is Cc1cccc(Nc2[nH]nc(NCc3ccc(O)cc3)c2C(N)=O)c1. The van der Waals surface area contributed by atoms with E-state index in [1.54, 1.807) is 24.3 Å². The van der Waals surface area contributed by atoms with Gasteiger partial charge in [0.15, 0.2) is 5.82 Å². The molecule has 6 N–H and O–H groups in total. The number of primary amides is 1. The zero-order chi connectivity index (χ0) is 17.8. The molecule has 0 bridgehead atoms. The molecule has 1 heterocycles. The van der Waals surface area contributed by atoms with Gasteiger partial charge in [0.2, 0.25) is 0 Å². The van der Waals surface area contributed by atoms with E-state index in [0.717, 1.165) is 16.8 Å². The molecule has 3 rings (SSSR count). The standard InChI is InChI=1S/C18H19N5O2/c1-11-3-2-4-13(9-11)21-18-15(16(19)25)17(22-23-18)20-10-12-5-7-14(24)8-6-12/h2-9,24H,10H2,1H3,(H2,19,25)(H3,20,21,22,23). The van der Waals surface area contributed by atoms with Crippen LogP contribution in [0.25, 0.3) is 0 Å². The van der Waals surface area contributed by atoms with Gasteiger partial charge in [0.25, 0.3) is 5.91 Å². The number of hydrogen-bond donors (Lipinski definition) is 5. The Morgan fingerprint density at radius 3 is 2.68 bits per heavy atom. The van der Waals surface area contributed by atoms with Crippen molar-refractivity contribution in [3.8, 4) is 5.75 Å². The minimum Gasteiger partial charge on any atom is -0.508 e. The summed E-state index contributed by atoms with van der Waals surface area (Å²) in [4.78, 5) is 11.9. The maximum atomic E-state index is 11.9. The number of rotatable bonds is 6. The van der Waals surface area contributed by atoms with Crippen molar-refractivity contribution in [2.24, 2.45) is 5.73 Å². The van der Waals surface area contributed by atoms with Crippen LogP contribution < -0.4 is 16.4 Å². The monoisotopic (exact) mass is 337 g/mol. The first-order chi connectivity index (χ1) is 12.0. The van der Waals surface area contributed by atoms with Crippen molar-refractivity contribution < 1.29 is 9.90 Å². The molecule has 0 aliphatic carbocycles. The molecule has 0 unspecified atom stereocenters. The minimum absolute atomic E-state index is 0.200. The van der Waals surface area contributed by atoms with Crippen molar-refractivity contribution in [2.75, 3.05) is 10.6 Å². The summed E-state index contributed by atoms with van der Waals surface area (Å²) in [5.41, 5.74) is 8.64.